The van der Waals surface area contributed by atoms with Gasteiger partial charge in [-0.3, -0.25) is 9.59 Å². The molecule has 2 fully saturated rings. The maximum Gasteiger partial charge on any atom is 0.225 e. The van der Waals surface area contributed by atoms with Crippen molar-refractivity contribution in [1.29, 1.82) is 0 Å². The first-order valence-corrected chi connectivity index (χ1v) is 6.44. The molecule has 0 bridgehead atoms. The Labute approximate surface area is 102 Å². The number of rotatable bonds is 3. The minimum atomic E-state index is -0.179. The van der Waals surface area contributed by atoms with Crippen molar-refractivity contribution in [1.82, 2.24) is 16.0 Å². The van der Waals surface area contributed by atoms with Crippen LogP contribution in [0.25, 0.3) is 0 Å². The van der Waals surface area contributed by atoms with Crippen LogP contribution in [0.2, 0.25) is 0 Å². The summed E-state index contributed by atoms with van der Waals surface area (Å²) in [4.78, 5) is 23.0. The van der Waals surface area contributed by atoms with Crippen LogP contribution < -0.4 is 16.0 Å². The second-order valence-corrected chi connectivity index (χ2v) is 5.11. The normalized spacial score (nSPS) is 30.8. The van der Waals surface area contributed by atoms with Crippen molar-refractivity contribution in [3.8, 4) is 0 Å². The number of piperidine rings is 1. The molecule has 5 nitrogen and oxygen atoms in total. The number of carbonyl (C=O) groups is 2. The van der Waals surface area contributed by atoms with E-state index >= 15 is 0 Å². The van der Waals surface area contributed by atoms with Gasteiger partial charge in [-0.15, -0.1) is 0 Å². The molecule has 0 radical (unpaired) electrons. The standard InChI is InChI=1S/C12H21N3O2/c1-8(9-3-2-4-13-6-9)15-12(17)10-5-11(16)14-7-10/h8-10,13H,2-7H2,1H3,(H,14,16)(H,15,17). The molecule has 2 aliphatic rings. The molecule has 2 heterocycles. The van der Waals surface area contributed by atoms with E-state index in [0.29, 0.717) is 18.9 Å². The molecule has 3 unspecified atom stereocenters. The fourth-order valence-electron chi connectivity index (χ4n) is 2.56. The lowest BCUT2D eigenvalue weighted by atomic mass is 9.92. The molecule has 17 heavy (non-hydrogen) atoms. The average molecular weight is 239 g/mol. The van der Waals surface area contributed by atoms with E-state index in [1.54, 1.807) is 0 Å². The fraction of sp³-hybridized carbons (Fsp3) is 0.833. The summed E-state index contributed by atoms with van der Waals surface area (Å²) in [5, 5.41) is 9.08. The van der Waals surface area contributed by atoms with E-state index in [9.17, 15) is 9.59 Å². The van der Waals surface area contributed by atoms with Gasteiger partial charge in [0.25, 0.3) is 0 Å². The Morgan fingerprint density at radius 2 is 2.29 bits per heavy atom. The second kappa shape index (κ2) is 5.49. The first kappa shape index (κ1) is 12.4. The lowest BCUT2D eigenvalue weighted by Gasteiger charge is -2.29. The third kappa shape index (κ3) is 3.19. The van der Waals surface area contributed by atoms with Gasteiger partial charge in [0.05, 0.1) is 5.92 Å². The Morgan fingerprint density at radius 3 is 2.88 bits per heavy atom. The highest BCUT2D eigenvalue weighted by molar-refractivity contribution is 5.89. The maximum absolute atomic E-state index is 11.9. The van der Waals surface area contributed by atoms with Gasteiger partial charge < -0.3 is 16.0 Å². The summed E-state index contributed by atoms with van der Waals surface area (Å²) in [5.41, 5.74) is 0. The molecule has 0 saturated carbocycles. The van der Waals surface area contributed by atoms with Crippen LogP contribution >= 0.6 is 0 Å². The van der Waals surface area contributed by atoms with Crippen molar-refractivity contribution in [3.05, 3.63) is 0 Å². The zero-order chi connectivity index (χ0) is 12.3. The van der Waals surface area contributed by atoms with Crippen LogP contribution in [-0.4, -0.2) is 37.5 Å². The minimum absolute atomic E-state index is 0.0152. The fourth-order valence-corrected chi connectivity index (χ4v) is 2.56. The third-order valence-electron chi connectivity index (χ3n) is 3.76. The molecule has 96 valence electrons. The molecule has 2 amide bonds. The molecule has 0 spiro atoms. The minimum Gasteiger partial charge on any atom is -0.355 e. The largest absolute Gasteiger partial charge is 0.355 e. The molecule has 2 rings (SSSR count). The van der Waals surface area contributed by atoms with Crippen molar-refractivity contribution in [2.45, 2.75) is 32.2 Å². The number of hydrogen-bond acceptors (Lipinski definition) is 3. The molecule has 0 aliphatic carbocycles. The Morgan fingerprint density at radius 1 is 1.47 bits per heavy atom. The van der Waals surface area contributed by atoms with Gasteiger partial charge in [0.15, 0.2) is 0 Å². The monoisotopic (exact) mass is 239 g/mol. The maximum atomic E-state index is 11.9. The highest BCUT2D eigenvalue weighted by Crippen LogP contribution is 2.16. The van der Waals surface area contributed by atoms with E-state index in [0.717, 1.165) is 19.5 Å². The topological polar surface area (TPSA) is 70.2 Å². The van der Waals surface area contributed by atoms with Gasteiger partial charge in [0.1, 0.15) is 0 Å². The van der Waals surface area contributed by atoms with Crippen molar-refractivity contribution in [2.75, 3.05) is 19.6 Å². The molecular formula is C12H21N3O2. The summed E-state index contributed by atoms with van der Waals surface area (Å²) in [6.45, 7) is 4.60. The first-order valence-electron chi connectivity index (χ1n) is 6.44. The molecule has 2 saturated heterocycles. The molecule has 5 heteroatoms. The molecule has 3 N–H and O–H groups in total. The number of carbonyl (C=O) groups excluding carboxylic acids is 2. The van der Waals surface area contributed by atoms with Crippen LogP contribution in [0, 0.1) is 11.8 Å². The van der Waals surface area contributed by atoms with Gasteiger partial charge in [0, 0.05) is 19.0 Å². The van der Waals surface area contributed by atoms with E-state index in [1.807, 2.05) is 0 Å². The summed E-state index contributed by atoms with van der Waals surface area (Å²) >= 11 is 0. The molecule has 0 aromatic rings. The summed E-state index contributed by atoms with van der Waals surface area (Å²) < 4.78 is 0. The van der Waals surface area contributed by atoms with Crippen molar-refractivity contribution < 1.29 is 9.59 Å². The molecule has 0 aromatic heterocycles. The smallest absolute Gasteiger partial charge is 0.225 e. The van der Waals surface area contributed by atoms with Gasteiger partial charge in [0.2, 0.25) is 11.8 Å². The quantitative estimate of drug-likeness (QED) is 0.629. The second-order valence-electron chi connectivity index (χ2n) is 5.11. The number of amides is 2. The van der Waals surface area contributed by atoms with Crippen LogP contribution in [0.5, 0.6) is 0 Å². The van der Waals surface area contributed by atoms with Crippen LogP contribution in [0.1, 0.15) is 26.2 Å². The zero-order valence-corrected chi connectivity index (χ0v) is 10.3. The molecule has 3 atom stereocenters. The molecular weight excluding hydrogens is 218 g/mol. The lowest BCUT2D eigenvalue weighted by Crippen LogP contribution is -2.46. The highest BCUT2D eigenvalue weighted by Gasteiger charge is 2.30. The van der Waals surface area contributed by atoms with E-state index in [1.165, 1.54) is 6.42 Å². The predicted molar refractivity (Wildman–Crippen MR) is 64.3 cm³/mol. The average Bonchev–Trinajstić information content (AvgIpc) is 2.77. The first-order chi connectivity index (χ1) is 8.16. The Kier molecular flexibility index (Phi) is 3.99. The summed E-state index contributed by atoms with van der Waals surface area (Å²) in [5.74, 6) is 0.331. The van der Waals surface area contributed by atoms with Gasteiger partial charge in [-0.1, -0.05) is 0 Å². The lowest BCUT2D eigenvalue weighted by molar-refractivity contribution is -0.127. The van der Waals surface area contributed by atoms with E-state index in [-0.39, 0.29) is 23.8 Å². The Hall–Kier alpha value is -1.10. The summed E-state index contributed by atoms with van der Waals surface area (Å²) in [6.07, 6.45) is 2.67. The number of hydrogen-bond donors (Lipinski definition) is 3. The van der Waals surface area contributed by atoms with Crippen LogP contribution in [0.4, 0.5) is 0 Å². The van der Waals surface area contributed by atoms with Crippen LogP contribution in [-0.2, 0) is 9.59 Å². The number of nitrogens with one attached hydrogen (secondary N) is 3. The van der Waals surface area contributed by atoms with Crippen molar-refractivity contribution in [3.63, 3.8) is 0 Å². The van der Waals surface area contributed by atoms with Gasteiger partial charge >= 0.3 is 0 Å². The van der Waals surface area contributed by atoms with Crippen LogP contribution in [0.15, 0.2) is 0 Å². The van der Waals surface area contributed by atoms with Crippen molar-refractivity contribution >= 4 is 11.8 Å². The van der Waals surface area contributed by atoms with Gasteiger partial charge in [-0.25, -0.2) is 0 Å². The predicted octanol–water partition coefficient (Wildman–Crippen LogP) is -0.373. The van der Waals surface area contributed by atoms with E-state index < -0.39 is 0 Å². The SMILES string of the molecule is CC(NC(=O)C1CNC(=O)C1)C1CCCNC1. The highest BCUT2D eigenvalue weighted by atomic mass is 16.2. The summed E-state index contributed by atoms with van der Waals surface area (Å²) in [7, 11) is 0. The zero-order valence-electron chi connectivity index (χ0n) is 10.3. The Bertz CT molecular complexity index is 300. The van der Waals surface area contributed by atoms with Gasteiger partial charge in [-0.05, 0) is 38.8 Å². The molecule has 0 aromatic carbocycles. The molecule has 2 aliphatic heterocycles. The van der Waals surface area contributed by atoms with E-state index in [2.05, 4.69) is 22.9 Å². The van der Waals surface area contributed by atoms with E-state index in [4.69, 9.17) is 0 Å². The summed E-state index contributed by atoms with van der Waals surface area (Å²) in [6, 6.07) is 0.186. The Balaban J connectivity index is 1.79. The third-order valence-corrected chi connectivity index (χ3v) is 3.76. The van der Waals surface area contributed by atoms with Crippen LogP contribution in [0.3, 0.4) is 0 Å². The van der Waals surface area contributed by atoms with Gasteiger partial charge in [-0.2, -0.15) is 0 Å². The van der Waals surface area contributed by atoms with Crippen molar-refractivity contribution in [2.24, 2.45) is 11.8 Å².